The van der Waals surface area contributed by atoms with Crippen molar-refractivity contribution in [1.82, 2.24) is 19.5 Å². The summed E-state index contributed by atoms with van der Waals surface area (Å²) in [5, 5.41) is 8.79. The number of fused-ring (bicyclic) bond motifs is 2. The predicted octanol–water partition coefficient (Wildman–Crippen LogP) is 3.20. The second-order valence-electron chi connectivity index (χ2n) is 7.74. The number of hydrogen-bond donors (Lipinski definition) is 0. The number of pyridine rings is 1. The van der Waals surface area contributed by atoms with Gasteiger partial charge in [-0.1, -0.05) is 25.0 Å². The van der Waals surface area contributed by atoms with E-state index in [9.17, 15) is 9.59 Å². The summed E-state index contributed by atoms with van der Waals surface area (Å²) in [5.41, 5.74) is 2.79. The molecule has 0 bridgehead atoms. The monoisotopic (exact) mass is 390 g/mol. The Labute approximate surface area is 168 Å². The number of hydrogen-bond acceptors (Lipinski definition) is 5. The fourth-order valence-corrected chi connectivity index (χ4v) is 4.73. The summed E-state index contributed by atoms with van der Waals surface area (Å²) in [6.07, 6.45) is 6.11. The van der Waals surface area contributed by atoms with E-state index in [-0.39, 0.29) is 17.9 Å². The Kier molecular flexibility index (Phi) is 4.30. The van der Waals surface area contributed by atoms with Gasteiger partial charge in [-0.05, 0) is 42.7 Å². The Morgan fingerprint density at radius 3 is 2.86 bits per heavy atom. The molecule has 0 saturated heterocycles. The molecule has 0 radical (unpaired) electrons. The number of rotatable bonds is 3. The molecule has 1 aliphatic heterocycles. The highest BCUT2D eigenvalue weighted by Crippen LogP contribution is 2.39. The lowest BCUT2D eigenvalue weighted by Crippen LogP contribution is -2.42. The first kappa shape index (κ1) is 17.8. The second-order valence-corrected chi connectivity index (χ2v) is 7.74. The molecule has 148 valence electrons. The van der Waals surface area contributed by atoms with Gasteiger partial charge in [-0.25, -0.2) is 4.79 Å². The molecule has 1 amide bonds. The molecule has 3 heterocycles. The first-order chi connectivity index (χ1) is 14.2. The number of carbonyl (C=O) groups is 2. The third-order valence-electron chi connectivity index (χ3n) is 6.16. The molecule has 1 aliphatic carbocycles. The van der Waals surface area contributed by atoms with Crippen LogP contribution in [-0.4, -0.2) is 44.5 Å². The molecule has 1 aromatic carbocycles. The van der Waals surface area contributed by atoms with Gasteiger partial charge in [0.2, 0.25) is 0 Å². The summed E-state index contributed by atoms with van der Waals surface area (Å²) < 4.78 is 6.83. The molecule has 3 aromatic rings. The van der Waals surface area contributed by atoms with E-state index in [1.807, 2.05) is 39.8 Å². The van der Waals surface area contributed by atoms with Crippen LogP contribution in [-0.2, 0) is 11.3 Å². The summed E-state index contributed by atoms with van der Waals surface area (Å²) in [6, 6.07) is 11.2. The van der Waals surface area contributed by atoms with Crippen molar-refractivity contribution in [2.45, 2.75) is 44.2 Å². The standard InChI is InChI=1S/C22H22N4O3/c1-29-22(28)14-9-10-15-13-26(21(27)17(15)12-14)18-7-3-2-6-16(18)20-24-23-19-8-4-5-11-25(19)20/h4-5,8-12,16,18H,2-3,6-7,13H2,1H3/t16-,18-/m1/s1. The fraction of sp³-hybridized carbons (Fsp3) is 0.364. The van der Waals surface area contributed by atoms with Crippen molar-refractivity contribution in [1.29, 1.82) is 0 Å². The van der Waals surface area contributed by atoms with Crippen LogP contribution < -0.4 is 0 Å². The van der Waals surface area contributed by atoms with Crippen LogP contribution in [0, 0.1) is 0 Å². The Morgan fingerprint density at radius 1 is 1.14 bits per heavy atom. The zero-order chi connectivity index (χ0) is 20.0. The zero-order valence-electron chi connectivity index (χ0n) is 16.2. The minimum atomic E-state index is -0.426. The number of esters is 1. The predicted molar refractivity (Wildman–Crippen MR) is 106 cm³/mol. The maximum absolute atomic E-state index is 13.3. The average Bonchev–Trinajstić information content (AvgIpc) is 3.34. The molecule has 7 heteroatoms. The minimum Gasteiger partial charge on any atom is -0.465 e. The fourth-order valence-electron chi connectivity index (χ4n) is 4.73. The van der Waals surface area contributed by atoms with E-state index < -0.39 is 5.97 Å². The summed E-state index contributed by atoms with van der Waals surface area (Å²) in [6.45, 7) is 0.563. The Morgan fingerprint density at radius 2 is 2.00 bits per heavy atom. The van der Waals surface area contributed by atoms with Crippen molar-refractivity contribution < 1.29 is 14.3 Å². The lowest BCUT2D eigenvalue weighted by molar-refractivity contribution is 0.0600. The van der Waals surface area contributed by atoms with E-state index in [1.54, 1.807) is 12.1 Å². The van der Waals surface area contributed by atoms with E-state index in [2.05, 4.69) is 10.2 Å². The van der Waals surface area contributed by atoms with Crippen LogP contribution in [0.1, 0.15) is 63.7 Å². The van der Waals surface area contributed by atoms with Crippen molar-refractivity contribution in [3.63, 3.8) is 0 Å². The van der Waals surface area contributed by atoms with Crippen LogP contribution in [0.25, 0.3) is 5.65 Å². The highest BCUT2D eigenvalue weighted by Gasteiger charge is 2.40. The third kappa shape index (κ3) is 2.88. The van der Waals surface area contributed by atoms with Crippen molar-refractivity contribution >= 4 is 17.5 Å². The van der Waals surface area contributed by atoms with Gasteiger partial charge >= 0.3 is 5.97 Å². The Hall–Kier alpha value is -3.22. The quantitative estimate of drug-likeness (QED) is 0.642. The average molecular weight is 390 g/mol. The van der Waals surface area contributed by atoms with Gasteiger partial charge in [0.1, 0.15) is 5.82 Å². The van der Waals surface area contributed by atoms with Gasteiger partial charge in [0, 0.05) is 30.3 Å². The number of ether oxygens (including phenoxy) is 1. The molecule has 2 atom stereocenters. The molecule has 1 fully saturated rings. The van der Waals surface area contributed by atoms with Crippen LogP contribution in [0.4, 0.5) is 0 Å². The SMILES string of the molecule is COC(=O)c1ccc2c(c1)C(=O)N([C@@H]1CCCC[C@H]1c1nnc3ccccn13)C2. The summed E-state index contributed by atoms with van der Waals surface area (Å²) >= 11 is 0. The number of nitrogens with zero attached hydrogens (tertiary/aromatic N) is 4. The first-order valence-corrected chi connectivity index (χ1v) is 9.99. The second kappa shape index (κ2) is 6.99. The topological polar surface area (TPSA) is 76.8 Å². The van der Waals surface area contributed by atoms with Gasteiger partial charge in [0.25, 0.3) is 5.91 Å². The number of carbonyl (C=O) groups excluding carboxylic acids is 2. The van der Waals surface area contributed by atoms with E-state index in [0.29, 0.717) is 17.7 Å². The van der Waals surface area contributed by atoms with Gasteiger partial charge in [0.05, 0.1) is 12.7 Å². The molecule has 1 saturated carbocycles. The summed E-state index contributed by atoms with van der Waals surface area (Å²) in [7, 11) is 1.35. The van der Waals surface area contributed by atoms with Gasteiger partial charge in [-0.15, -0.1) is 10.2 Å². The molecule has 0 N–H and O–H groups in total. The maximum atomic E-state index is 13.3. The largest absolute Gasteiger partial charge is 0.465 e. The summed E-state index contributed by atoms with van der Waals surface area (Å²) in [5.74, 6) is 0.616. The van der Waals surface area contributed by atoms with E-state index in [1.165, 1.54) is 7.11 Å². The number of methoxy groups -OCH3 is 1. The molecular weight excluding hydrogens is 368 g/mol. The van der Waals surface area contributed by atoms with Crippen molar-refractivity contribution in [3.8, 4) is 0 Å². The molecule has 0 spiro atoms. The zero-order valence-corrected chi connectivity index (χ0v) is 16.2. The van der Waals surface area contributed by atoms with Crippen LogP contribution in [0.3, 0.4) is 0 Å². The van der Waals surface area contributed by atoms with E-state index in [4.69, 9.17) is 4.74 Å². The summed E-state index contributed by atoms with van der Waals surface area (Å²) in [4.78, 5) is 27.1. The number of aromatic nitrogens is 3. The van der Waals surface area contributed by atoms with Gasteiger partial charge in [0.15, 0.2) is 5.65 Å². The third-order valence-corrected chi connectivity index (χ3v) is 6.16. The Balaban J connectivity index is 1.49. The number of amides is 1. The smallest absolute Gasteiger partial charge is 0.337 e. The lowest BCUT2D eigenvalue weighted by Gasteiger charge is -2.37. The lowest BCUT2D eigenvalue weighted by atomic mass is 9.83. The molecule has 29 heavy (non-hydrogen) atoms. The molecule has 7 nitrogen and oxygen atoms in total. The Bertz CT molecular complexity index is 1110. The highest BCUT2D eigenvalue weighted by molar-refractivity contribution is 6.01. The highest BCUT2D eigenvalue weighted by atomic mass is 16.5. The van der Waals surface area contributed by atoms with Gasteiger partial charge in [-0.3, -0.25) is 9.20 Å². The number of benzene rings is 1. The molecule has 2 aromatic heterocycles. The minimum absolute atomic E-state index is 0.0172. The molecule has 5 rings (SSSR count). The van der Waals surface area contributed by atoms with Crippen LogP contribution in [0.15, 0.2) is 42.6 Å². The first-order valence-electron chi connectivity index (χ1n) is 9.99. The van der Waals surface area contributed by atoms with Gasteiger partial charge < -0.3 is 9.64 Å². The van der Waals surface area contributed by atoms with Crippen LogP contribution >= 0.6 is 0 Å². The van der Waals surface area contributed by atoms with Crippen molar-refractivity contribution in [2.24, 2.45) is 0 Å². The molecule has 0 unspecified atom stereocenters. The molecular formula is C22H22N4O3. The van der Waals surface area contributed by atoms with Crippen LogP contribution in [0.5, 0.6) is 0 Å². The van der Waals surface area contributed by atoms with Crippen LogP contribution in [0.2, 0.25) is 0 Å². The van der Waals surface area contributed by atoms with Crippen molar-refractivity contribution in [3.05, 3.63) is 65.1 Å². The maximum Gasteiger partial charge on any atom is 0.337 e. The normalized spacial score (nSPS) is 21.4. The van der Waals surface area contributed by atoms with E-state index >= 15 is 0 Å². The molecule has 2 aliphatic rings. The van der Waals surface area contributed by atoms with Gasteiger partial charge in [-0.2, -0.15) is 0 Å². The van der Waals surface area contributed by atoms with E-state index in [0.717, 1.165) is 42.7 Å². The van der Waals surface area contributed by atoms with Crippen molar-refractivity contribution in [2.75, 3.05) is 7.11 Å².